The summed E-state index contributed by atoms with van der Waals surface area (Å²) in [6, 6.07) is -1.49. The van der Waals surface area contributed by atoms with E-state index in [4.69, 9.17) is 18.9 Å². The first-order valence-corrected chi connectivity index (χ1v) is 21.2. The molecule has 0 aromatic heterocycles. The Bertz CT molecular complexity index is 1010. The summed E-state index contributed by atoms with van der Waals surface area (Å²) in [6.45, 7) is 2.90. The van der Waals surface area contributed by atoms with Gasteiger partial charge in [0.05, 0.1) is 32.2 Å². The van der Waals surface area contributed by atoms with Crippen molar-refractivity contribution in [3.63, 3.8) is 0 Å². The van der Waals surface area contributed by atoms with Crippen LogP contribution in [0, 0.1) is 0 Å². The van der Waals surface area contributed by atoms with Crippen LogP contribution in [0.15, 0.2) is 0 Å². The maximum absolute atomic E-state index is 13.4. The maximum Gasteiger partial charge on any atom is 0.308 e. The molecule has 55 heavy (non-hydrogen) atoms. The molecule has 2 heterocycles. The normalized spacial score (nSPS) is 29.5. The number of nitrogens with one attached hydrogen (secondary N) is 1. The lowest BCUT2D eigenvalue weighted by Gasteiger charge is -2.46. The lowest BCUT2D eigenvalue weighted by molar-refractivity contribution is -0.345. The highest BCUT2D eigenvalue weighted by Crippen LogP contribution is 2.29. The van der Waals surface area contributed by atoms with Crippen molar-refractivity contribution in [3.05, 3.63) is 0 Å². The summed E-state index contributed by atoms with van der Waals surface area (Å²) >= 11 is 0. The van der Waals surface area contributed by atoms with Crippen LogP contribution in [-0.2, 0) is 28.5 Å². The minimum Gasteiger partial charge on any atom is -0.462 e. The third kappa shape index (κ3) is 18.8. The average molecular weight is 794 g/mol. The molecular formula is C40H75NO14. The number of rotatable bonds is 30. The van der Waals surface area contributed by atoms with Gasteiger partial charge in [0, 0.05) is 0 Å². The van der Waals surface area contributed by atoms with Gasteiger partial charge in [-0.2, -0.15) is 0 Å². The van der Waals surface area contributed by atoms with Crippen LogP contribution in [0.1, 0.15) is 155 Å². The quantitative estimate of drug-likeness (QED) is 0.0375. The molecule has 0 aromatic rings. The molecule has 0 bridgehead atoms. The molecule has 2 fully saturated rings. The summed E-state index contributed by atoms with van der Waals surface area (Å²) < 4.78 is 22.2. The number of hydrogen-bond acceptors (Lipinski definition) is 14. The zero-order chi connectivity index (χ0) is 40.6. The molecule has 0 spiro atoms. The van der Waals surface area contributed by atoms with Gasteiger partial charge < -0.3 is 65.1 Å². The van der Waals surface area contributed by atoms with Gasteiger partial charge in [0.25, 0.3) is 0 Å². The summed E-state index contributed by atoms with van der Waals surface area (Å²) in [7, 11) is 0. The number of unbranched alkanes of at least 4 members (excludes halogenated alkanes) is 16. The molecule has 15 heteroatoms. The molecule has 9 N–H and O–H groups in total. The van der Waals surface area contributed by atoms with Crippen molar-refractivity contribution in [3.8, 4) is 0 Å². The van der Waals surface area contributed by atoms with Gasteiger partial charge in [-0.3, -0.25) is 9.59 Å². The summed E-state index contributed by atoms with van der Waals surface area (Å²) in [5, 5.41) is 85.2. The van der Waals surface area contributed by atoms with Crippen molar-refractivity contribution in [1.29, 1.82) is 0 Å². The van der Waals surface area contributed by atoms with Crippen LogP contribution < -0.4 is 5.32 Å². The van der Waals surface area contributed by atoms with Crippen molar-refractivity contribution in [2.45, 2.75) is 229 Å². The van der Waals surface area contributed by atoms with E-state index in [1.165, 1.54) is 64.2 Å². The fraction of sp³-hybridized carbons (Fsp3) is 0.950. The summed E-state index contributed by atoms with van der Waals surface area (Å²) in [5.74, 6) is -1.29. The summed E-state index contributed by atoms with van der Waals surface area (Å²) in [5.41, 5.74) is 0. The number of esters is 1. The van der Waals surface area contributed by atoms with Gasteiger partial charge in [0.2, 0.25) is 5.91 Å². The van der Waals surface area contributed by atoms with E-state index in [0.717, 1.165) is 44.9 Å². The van der Waals surface area contributed by atoms with E-state index in [-0.39, 0.29) is 12.8 Å². The van der Waals surface area contributed by atoms with Crippen LogP contribution in [0.4, 0.5) is 0 Å². The van der Waals surface area contributed by atoms with Crippen molar-refractivity contribution in [1.82, 2.24) is 5.32 Å². The van der Waals surface area contributed by atoms with Gasteiger partial charge in [-0.15, -0.1) is 0 Å². The molecule has 12 atom stereocenters. The number of carbonyl (C=O) groups excluding carboxylic acids is 2. The standard InChI is InChI=1S/C40H75NO14/c1-3-5-7-9-11-13-15-17-19-21-27(44)23-32(46)52-28(22-20-18-16-14-12-10-8-6-4-2)24-31(45)41-33-35(48)38(30(26-43)53-39(33)51)55-40-37(50)36(49)34(47)29(25-42)54-40/h27-30,33-40,42-44,47-51H,3-26H2,1-2H3,(H,41,45)/t27-,28-,29-,30-,33+,34-,35-,36+,37+,38-,39+,40+/m1/s1. The summed E-state index contributed by atoms with van der Waals surface area (Å²) in [4.78, 5) is 26.3. The molecular weight excluding hydrogens is 718 g/mol. The first-order chi connectivity index (χ1) is 26.5. The molecule has 1 amide bonds. The zero-order valence-corrected chi connectivity index (χ0v) is 33.4. The molecule has 0 aromatic carbocycles. The smallest absolute Gasteiger partial charge is 0.308 e. The SMILES string of the molecule is CCCCCCCCCCC[C@@H](O)CC(=O)O[C@H](CCCCCCCCCCC)CC(=O)N[C@H]1[C@@H](O)[C@H](O[C@@H]2O[C@H](CO)[C@@H](O)[C@H](O)[C@@H]2O)[C@@H](CO)O[C@@H]1O. The van der Waals surface area contributed by atoms with E-state index in [9.17, 15) is 50.4 Å². The Morgan fingerprint density at radius 3 is 1.65 bits per heavy atom. The molecule has 0 aliphatic carbocycles. The first kappa shape index (κ1) is 49.6. The first-order valence-electron chi connectivity index (χ1n) is 21.2. The lowest BCUT2D eigenvalue weighted by Crippen LogP contribution is -2.67. The van der Waals surface area contributed by atoms with E-state index >= 15 is 0 Å². The number of aliphatic hydroxyl groups excluding tert-OH is 8. The molecule has 2 rings (SSSR count). The Hall–Kier alpha value is -1.50. The van der Waals surface area contributed by atoms with Crippen LogP contribution in [0.25, 0.3) is 0 Å². The van der Waals surface area contributed by atoms with Crippen molar-refractivity contribution < 1.29 is 69.4 Å². The Balaban J connectivity index is 1.97. The highest BCUT2D eigenvalue weighted by Gasteiger charge is 2.51. The van der Waals surface area contributed by atoms with Crippen LogP contribution >= 0.6 is 0 Å². The fourth-order valence-corrected chi connectivity index (χ4v) is 7.30. The number of ether oxygens (including phenoxy) is 4. The van der Waals surface area contributed by atoms with Crippen LogP contribution in [-0.4, -0.2) is 140 Å². The van der Waals surface area contributed by atoms with Gasteiger partial charge >= 0.3 is 5.97 Å². The van der Waals surface area contributed by atoms with E-state index < -0.39 is 98.6 Å². The number of hydrogen-bond donors (Lipinski definition) is 9. The Kier molecular flexibility index (Phi) is 26.0. The molecule has 0 radical (unpaired) electrons. The monoisotopic (exact) mass is 794 g/mol. The minimum atomic E-state index is -1.82. The third-order valence-electron chi connectivity index (χ3n) is 10.7. The van der Waals surface area contributed by atoms with Crippen LogP contribution in [0.3, 0.4) is 0 Å². The molecule has 15 nitrogen and oxygen atoms in total. The number of aliphatic hydroxyl groups is 8. The van der Waals surface area contributed by atoms with Crippen LogP contribution in [0.5, 0.6) is 0 Å². The highest BCUT2D eigenvalue weighted by molar-refractivity contribution is 5.77. The average Bonchev–Trinajstić information content (AvgIpc) is 3.15. The molecule has 0 saturated carbocycles. The van der Waals surface area contributed by atoms with Crippen molar-refractivity contribution in [2.24, 2.45) is 0 Å². The minimum absolute atomic E-state index is 0.194. The van der Waals surface area contributed by atoms with Gasteiger partial charge in [-0.25, -0.2) is 0 Å². The second kappa shape index (κ2) is 28.8. The zero-order valence-electron chi connectivity index (χ0n) is 33.4. The van der Waals surface area contributed by atoms with E-state index in [1.807, 2.05) is 0 Å². The predicted octanol–water partition coefficient (Wildman–Crippen LogP) is 2.62. The summed E-state index contributed by atoms with van der Waals surface area (Å²) in [6.07, 6.45) is 4.05. The molecule has 0 unspecified atom stereocenters. The van der Waals surface area contributed by atoms with Gasteiger partial charge in [-0.05, 0) is 19.3 Å². The number of amides is 1. The van der Waals surface area contributed by atoms with Gasteiger partial charge in [-0.1, -0.05) is 123 Å². The third-order valence-corrected chi connectivity index (χ3v) is 10.7. The predicted molar refractivity (Wildman–Crippen MR) is 203 cm³/mol. The van der Waals surface area contributed by atoms with Gasteiger partial charge in [0.15, 0.2) is 12.6 Å². The Morgan fingerprint density at radius 2 is 1.13 bits per heavy atom. The van der Waals surface area contributed by atoms with E-state index in [0.29, 0.717) is 19.3 Å². The number of carbonyl (C=O) groups is 2. The maximum atomic E-state index is 13.4. The molecule has 2 saturated heterocycles. The second-order valence-corrected chi connectivity index (χ2v) is 15.5. The second-order valence-electron chi connectivity index (χ2n) is 15.5. The molecule has 324 valence electrons. The Labute approximate surface area is 328 Å². The Morgan fingerprint density at radius 1 is 0.618 bits per heavy atom. The van der Waals surface area contributed by atoms with Crippen LogP contribution in [0.2, 0.25) is 0 Å². The molecule has 2 aliphatic rings. The molecule has 2 aliphatic heterocycles. The lowest BCUT2D eigenvalue weighted by atomic mass is 9.95. The highest BCUT2D eigenvalue weighted by atomic mass is 16.7. The van der Waals surface area contributed by atoms with Crippen molar-refractivity contribution >= 4 is 11.9 Å². The van der Waals surface area contributed by atoms with Crippen molar-refractivity contribution in [2.75, 3.05) is 13.2 Å². The van der Waals surface area contributed by atoms with E-state index in [2.05, 4.69) is 19.2 Å². The van der Waals surface area contributed by atoms with E-state index in [1.54, 1.807) is 0 Å². The largest absolute Gasteiger partial charge is 0.462 e. The van der Waals surface area contributed by atoms with Gasteiger partial charge in [0.1, 0.15) is 54.9 Å². The topological polar surface area (TPSA) is 245 Å². The fourth-order valence-electron chi connectivity index (χ4n) is 7.30.